The van der Waals surface area contributed by atoms with Crippen molar-refractivity contribution in [2.45, 2.75) is 18.9 Å². The van der Waals surface area contributed by atoms with Crippen molar-refractivity contribution < 1.29 is 9.90 Å². The summed E-state index contributed by atoms with van der Waals surface area (Å²) in [6, 6.07) is 6.71. The number of thiophene rings is 1. The van der Waals surface area contributed by atoms with Gasteiger partial charge >= 0.3 is 0 Å². The van der Waals surface area contributed by atoms with Crippen LogP contribution in [0.25, 0.3) is 0 Å². The molecule has 1 aliphatic heterocycles. The van der Waals surface area contributed by atoms with E-state index in [2.05, 4.69) is 5.10 Å². The fraction of sp³-hybridized carbons (Fsp3) is 0.438. The third-order valence-electron chi connectivity index (χ3n) is 4.29. The average Bonchev–Trinajstić information content (AvgIpc) is 3.11. The highest BCUT2D eigenvalue weighted by Crippen LogP contribution is 2.33. The fourth-order valence-electron chi connectivity index (χ4n) is 2.89. The molecular weight excluding hydrogens is 314 g/mol. The highest BCUT2D eigenvalue weighted by atomic mass is 32.1. The first-order valence-corrected chi connectivity index (χ1v) is 8.49. The Bertz CT molecular complexity index is 733. The maximum Gasteiger partial charge on any atom is 0.274 e. The Morgan fingerprint density at radius 3 is 2.70 bits per heavy atom. The Kier molecular flexibility index (Phi) is 4.58. The van der Waals surface area contributed by atoms with Gasteiger partial charge in [0.15, 0.2) is 0 Å². The van der Waals surface area contributed by atoms with Gasteiger partial charge in [0.1, 0.15) is 5.69 Å². The maximum atomic E-state index is 12.5. The average molecular weight is 333 g/mol. The molecule has 122 valence electrons. The van der Waals surface area contributed by atoms with Gasteiger partial charge in [-0.3, -0.25) is 9.59 Å². The van der Waals surface area contributed by atoms with E-state index in [9.17, 15) is 14.7 Å². The molecule has 0 spiro atoms. The molecule has 1 atom stereocenters. The molecule has 1 amide bonds. The van der Waals surface area contributed by atoms with Crippen molar-refractivity contribution in [1.82, 2.24) is 14.7 Å². The van der Waals surface area contributed by atoms with E-state index >= 15 is 0 Å². The minimum absolute atomic E-state index is 0.162. The molecule has 1 aliphatic rings. The first-order chi connectivity index (χ1) is 11.1. The predicted molar refractivity (Wildman–Crippen MR) is 87.4 cm³/mol. The van der Waals surface area contributed by atoms with Crippen LogP contribution in [0.15, 0.2) is 34.4 Å². The normalized spacial score (nSPS) is 17.2. The zero-order valence-electron chi connectivity index (χ0n) is 12.9. The molecule has 6 nitrogen and oxygen atoms in total. The number of aliphatic hydroxyl groups excluding tert-OH is 1. The number of hydrogen-bond donors (Lipinski definition) is 1. The van der Waals surface area contributed by atoms with Gasteiger partial charge in [-0.05, 0) is 36.3 Å². The van der Waals surface area contributed by atoms with Crippen LogP contribution in [0, 0.1) is 5.92 Å². The fourth-order valence-corrected chi connectivity index (χ4v) is 3.69. The number of aliphatic hydroxyl groups is 1. The van der Waals surface area contributed by atoms with Gasteiger partial charge < -0.3 is 10.0 Å². The number of likely N-dealkylation sites (tertiary alicyclic amines) is 1. The molecule has 1 fully saturated rings. The number of rotatable bonds is 3. The monoisotopic (exact) mass is 333 g/mol. The Balaban J connectivity index is 1.63. The molecule has 1 N–H and O–H groups in total. The second kappa shape index (κ2) is 6.64. The van der Waals surface area contributed by atoms with Crippen molar-refractivity contribution in [1.29, 1.82) is 0 Å². The smallest absolute Gasteiger partial charge is 0.274 e. The Hall–Kier alpha value is -1.99. The van der Waals surface area contributed by atoms with Crippen molar-refractivity contribution in [2.75, 3.05) is 13.1 Å². The molecular formula is C16H19N3O3S. The van der Waals surface area contributed by atoms with E-state index in [-0.39, 0.29) is 23.1 Å². The second-order valence-electron chi connectivity index (χ2n) is 5.77. The van der Waals surface area contributed by atoms with Crippen LogP contribution >= 0.6 is 11.3 Å². The molecule has 2 aromatic rings. The molecule has 7 heteroatoms. The van der Waals surface area contributed by atoms with E-state index in [4.69, 9.17) is 0 Å². The molecule has 0 saturated carbocycles. The van der Waals surface area contributed by atoms with Gasteiger partial charge in [-0.25, -0.2) is 4.68 Å². The quantitative estimate of drug-likeness (QED) is 0.922. The highest BCUT2D eigenvalue weighted by molar-refractivity contribution is 7.10. The lowest BCUT2D eigenvalue weighted by atomic mass is 9.90. The highest BCUT2D eigenvalue weighted by Gasteiger charge is 2.29. The zero-order valence-corrected chi connectivity index (χ0v) is 13.7. The second-order valence-corrected chi connectivity index (χ2v) is 6.75. The number of piperidine rings is 1. The Morgan fingerprint density at radius 2 is 2.09 bits per heavy atom. The molecule has 1 saturated heterocycles. The third-order valence-corrected chi connectivity index (χ3v) is 5.23. The summed E-state index contributed by atoms with van der Waals surface area (Å²) in [7, 11) is 1.53. The summed E-state index contributed by atoms with van der Waals surface area (Å²) in [5, 5.41) is 16.4. The predicted octanol–water partition coefficient (Wildman–Crippen LogP) is 1.43. The van der Waals surface area contributed by atoms with E-state index in [1.807, 2.05) is 17.5 Å². The number of carbonyl (C=O) groups excluding carboxylic acids is 1. The van der Waals surface area contributed by atoms with Crippen LogP contribution in [-0.2, 0) is 7.05 Å². The summed E-state index contributed by atoms with van der Waals surface area (Å²) in [5.41, 5.74) is 0.0451. The molecule has 0 aromatic carbocycles. The summed E-state index contributed by atoms with van der Waals surface area (Å²) in [6.07, 6.45) is 1.07. The maximum absolute atomic E-state index is 12.5. The standard InChI is InChI=1S/C16H19N3O3S/c1-18-14(20)5-4-12(17-18)16(22)19-8-6-11(7-9-19)15(21)13-3-2-10-23-13/h2-5,10-11,15,21H,6-9H2,1H3/t15-/m0/s1. The van der Waals surface area contributed by atoms with E-state index in [0.717, 1.165) is 17.7 Å². The summed E-state index contributed by atoms with van der Waals surface area (Å²) in [4.78, 5) is 26.5. The minimum Gasteiger partial charge on any atom is -0.387 e. The summed E-state index contributed by atoms with van der Waals surface area (Å²) >= 11 is 1.56. The SMILES string of the molecule is Cn1nc(C(=O)N2CCC([C@H](O)c3cccs3)CC2)ccc1=O. The zero-order chi connectivity index (χ0) is 16.4. The van der Waals surface area contributed by atoms with E-state index < -0.39 is 6.10 Å². The largest absolute Gasteiger partial charge is 0.387 e. The van der Waals surface area contributed by atoms with Crippen molar-refractivity contribution in [3.63, 3.8) is 0 Å². The van der Waals surface area contributed by atoms with Gasteiger partial charge in [0, 0.05) is 31.1 Å². The van der Waals surface area contributed by atoms with Crippen LogP contribution in [-0.4, -0.2) is 38.8 Å². The summed E-state index contributed by atoms with van der Waals surface area (Å²) in [5.74, 6) is 0.00968. The van der Waals surface area contributed by atoms with Gasteiger partial charge in [0.25, 0.3) is 11.5 Å². The van der Waals surface area contributed by atoms with Crippen molar-refractivity contribution >= 4 is 17.2 Å². The molecule has 0 bridgehead atoms. The number of carbonyl (C=O) groups is 1. The third kappa shape index (κ3) is 3.35. The number of nitrogens with zero attached hydrogens (tertiary/aromatic N) is 3. The molecule has 23 heavy (non-hydrogen) atoms. The van der Waals surface area contributed by atoms with Crippen LogP contribution in [0.5, 0.6) is 0 Å². The van der Waals surface area contributed by atoms with Crippen LogP contribution in [0.3, 0.4) is 0 Å². The van der Waals surface area contributed by atoms with Crippen molar-refractivity contribution in [2.24, 2.45) is 13.0 Å². The van der Waals surface area contributed by atoms with Crippen LogP contribution in [0.4, 0.5) is 0 Å². The number of hydrogen-bond acceptors (Lipinski definition) is 5. The lowest BCUT2D eigenvalue weighted by Gasteiger charge is -2.33. The number of amides is 1. The Labute approximate surface area is 138 Å². The molecule has 0 unspecified atom stereocenters. The molecule has 3 rings (SSSR count). The van der Waals surface area contributed by atoms with Gasteiger partial charge in [0.05, 0.1) is 6.10 Å². The molecule has 3 heterocycles. The minimum atomic E-state index is -0.456. The van der Waals surface area contributed by atoms with Crippen LogP contribution in [0.1, 0.15) is 34.3 Å². The van der Waals surface area contributed by atoms with Crippen molar-refractivity contribution in [3.8, 4) is 0 Å². The van der Waals surface area contributed by atoms with Crippen LogP contribution < -0.4 is 5.56 Å². The lowest BCUT2D eigenvalue weighted by molar-refractivity contribution is 0.0468. The lowest BCUT2D eigenvalue weighted by Crippen LogP contribution is -2.40. The Morgan fingerprint density at radius 1 is 1.35 bits per heavy atom. The van der Waals surface area contributed by atoms with Gasteiger partial charge in [-0.2, -0.15) is 5.10 Å². The molecule has 2 aromatic heterocycles. The van der Waals surface area contributed by atoms with Crippen LogP contribution in [0.2, 0.25) is 0 Å². The van der Waals surface area contributed by atoms with Crippen molar-refractivity contribution in [3.05, 3.63) is 50.6 Å². The topological polar surface area (TPSA) is 75.4 Å². The number of aromatic nitrogens is 2. The van der Waals surface area contributed by atoms with Gasteiger partial charge in [0.2, 0.25) is 0 Å². The summed E-state index contributed by atoms with van der Waals surface area (Å²) < 4.78 is 1.17. The van der Waals surface area contributed by atoms with E-state index in [0.29, 0.717) is 13.1 Å². The van der Waals surface area contributed by atoms with Gasteiger partial charge in [-0.1, -0.05) is 6.07 Å². The first kappa shape index (κ1) is 15.9. The van der Waals surface area contributed by atoms with Gasteiger partial charge in [-0.15, -0.1) is 11.3 Å². The summed E-state index contributed by atoms with van der Waals surface area (Å²) in [6.45, 7) is 1.19. The van der Waals surface area contributed by atoms with E-state index in [1.165, 1.54) is 23.9 Å². The molecule has 0 radical (unpaired) electrons. The van der Waals surface area contributed by atoms with E-state index in [1.54, 1.807) is 16.2 Å². The molecule has 0 aliphatic carbocycles. The first-order valence-electron chi connectivity index (χ1n) is 7.61. The number of aryl methyl sites for hydroxylation is 1.